The van der Waals surface area contributed by atoms with E-state index < -0.39 is 0 Å². The lowest BCUT2D eigenvalue weighted by molar-refractivity contribution is 0.147. The van der Waals surface area contributed by atoms with E-state index in [1.54, 1.807) is 6.33 Å². The summed E-state index contributed by atoms with van der Waals surface area (Å²) in [7, 11) is 0. The van der Waals surface area contributed by atoms with Crippen molar-refractivity contribution in [3.8, 4) is 0 Å². The first-order valence-electron chi connectivity index (χ1n) is 5.93. The first kappa shape index (κ1) is 14.7. The number of anilines is 1. The van der Waals surface area contributed by atoms with Crippen molar-refractivity contribution in [3.63, 3.8) is 0 Å². The van der Waals surface area contributed by atoms with Gasteiger partial charge in [0.05, 0.1) is 5.52 Å². The van der Waals surface area contributed by atoms with Gasteiger partial charge in [-0.05, 0) is 25.5 Å². The van der Waals surface area contributed by atoms with Gasteiger partial charge in [-0.25, -0.2) is 9.97 Å². The Morgan fingerprint density at radius 2 is 2.06 bits per heavy atom. The van der Waals surface area contributed by atoms with Gasteiger partial charge in [-0.2, -0.15) is 0 Å². The van der Waals surface area contributed by atoms with Crippen molar-refractivity contribution in [2.75, 3.05) is 25.1 Å². The van der Waals surface area contributed by atoms with Crippen LogP contribution in [0, 0.1) is 0 Å². The number of aromatic nitrogens is 2. The van der Waals surface area contributed by atoms with Gasteiger partial charge in [0.2, 0.25) is 0 Å². The number of fused-ring (bicyclic) bond motifs is 1. The van der Waals surface area contributed by atoms with Crippen LogP contribution in [0.25, 0.3) is 10.9 Å². The van der Waals surface area contributed by atoms with Crippen molar-refractivity contribution in [1.82, 2.24) is 9.97 Å². The maximum Gasteiger partial charge on any atom is 0.137 e. The molecule has 18 heavy (non-hydrogen) atoms. The topological polar surface area (TPSA) is 47.0 Å². The van der Waals surface area contributed by atoms with Gasteiger partial charge < -0.3 is 10.1 Å². The van der Waals surface area contributed by atoms with E-state index in [1.165, 1.54) is 0 Å². The SMILES string of the molecule is CCOCCCNc1ncnc2ccccc12.Cl. The summed E-state index contributed by atoms with van der Waals surface area (Å²) < 4.78 is 5.29. The van der Waals surface area contributed by atoms with E-state index in [4.69, 9.17) is 4.74 Å². The van der Waals surface area contributed by atoms with Gasteiger partial charge in [-0.3, -0.25) is 0 Å². The molecule has 1 aromatic heterocycles. The predicted octanol–water partition coefficient (Wildman–Crippen LogP) is 2.89. The molecule has 4 nitrogen and oxygen atoms in total. The summed E-state index contributed by atoms with van der Waals surface area (Å²) in [6, 6.07) is 7.99. The zero-order chi connectivity index (χ0) is 11.9. The van der Waals surface area contributed by atoms with Gasteiger partial charge >= 0.3 is 0 Å². The van der Waals surface area contributed by atoms with Crippen molar-refractivity contribution < 1.29 is 4.74 Å². The number of hydrogen-bond acceptors (Lipinski definition) is 4. The second kappa shape index (κ2) is 7.84. The minimum atomic E-state index is 0. The third-order valence-corrected chi connectivity index (χ3v) is 2.50. The molecule has 0 unspecified atom stereocenters. The Morgan fingerprint density at radius 3 is 2.89 bits per heavy atom. The van der Waals surface area contributed by atoms with Gasteiger partial charge in [0.25, 0.3) is 0 Å². The lowest BCUT2D eigenvalue weighted by Gasteiger charge is -2.07. The number of ether oxygens (including phenoxy) is 1. The standard InChI is InChI=1S/C13H17N3O.ClH/c1-2-17-9-5-8-14-13-11-6-3-4-7-12(11)15-10-16-13;/h3-4,6-7,10H,2,5,8-9H2,1H3,(H,14,15,16);1H. The van der Waals surface area contributed by atoms with Gasteiger partial charge in [-0.1, -0.05) is 12.1 Å². The summed E-state index contributed by atoms with van der Waals surface area (Å²) in [6.45, 7) is 4.43. The van der Waals surface area contributed by atoms with Crippen molar-refractivity contribution in [2.45, 2.75) is 13.3 Å². The molecule has 5 heteroatoms. The average Bonchev–Trinajstić information content (AvgIpc) is 2.39. The first-order valence-corrected chi connectivity index (χ1v) is 5.93. The highest BCUT2D eigenvalue weighted by Gasteiger charge is 2.01. The van der Waals surface area contributed by atoms with E-state index in [0.717, 1.165) is 42.9 Å². The largest absolute Gasteiger partial charge is 0.382 e. The van der Waals surface area contributed by atoms with Crippen molar-refractivity contribution in [1.29, 1.82) is 0 Å². The highest BCUT2D eigenvalue weighted by molar-refractivity contribution is 5.88. The van der Waals surface area contributed by atoms with Crippen molar-refractivity contribution >= 4 is 29.1 Å². The fourth-order valence-corrected chi connectivity index (χ4v) is 1.67. The lowest BCUT2D eigenvalue weighted by atomic mass is 10.2. The summed E-state index contributed by atoms with van der Waals surface area (Å²) in [5, 5.41) is 4.38. The maximum atomic E-state index is 5.29. The van der Waals surface area contributed by atoms with Crippen LogP contribution in [-0.4, -0.2) is 29.7 Å². The number of nitrogens with zero attached hydrogens (tertiary/aromatic N) is 2. The van der Waals surface area contributed by atoms with Crippen LogP contribution in [0.5, 0.6) is 0 Å². The monoisotopic (exact) mass is 267 g/mol. The third kappa shape index (κ3) is 3.82. The second-order valence-electron chi connectivity index (χ2n) is 3.72. The van der Waals surface area contributed by atoms with Crippen LogP contribution in [0.2, 0.25) is 0 Å². The minimum Gasteiger partial charge on any atom is -0.382 e. The molecule has 1 heterocycles. The number of halogens is 1. The number of benzene rings is 1. The molecule has 0 spiro atoms. The third-order valence-electron chi connectivity index (χ3n) is 2.50. The van der Waals surface area contributed by atoms with Crippen molar-refractivity contribution in [2.24, 2.45) is 0 Å². The van der Waals surface area contributed by atoms with Gasteiger partial charge in [0.1, 0.15) is 12.1 Å². The Bertz CT molecular complexity index is 473. The maximum absolute atomic E-state index is 5.29. The van der Waals surface area contributed by atoms with Crippen LogP contribution >= 0.6 is 12.4 Å². The molecule has 0 bridgehead atoms. The number of rotatable bonds is 6. The van der Waals surface area contributed by atoms with Gasteiger partial charge in [0, 0.05) is 25.1 Å². The zero-order valence-electron chi connectivity index (χ0n) is 10.4. The molecule has 0 radical (unpaired) electrons. The molecule has 0 saturated carbocycles. The molecule has 2 rings (SSSR count). The molecule has 0 aliphatic carbocycles. The van der Waals surface area contributed by atoms with Crippen LogP contribution in [0.1, 0.15) is 13.3 Å². The highest BCUT2D eigenvalue weighted by Crippen LogP contribution is 2.17. The summed E-state index contributed by atoms with van der Waals surface area (Å²) in [5.41, 5.74) is 0.967. The predicted molar refractivity (Wildman–Crippen MR) is 76.4 cm³/mol. The van der Waals surface area contributed by atoms with Gasteiger partial charge in [-0.15, -0.1) is 12.4 Å². The van der Waals surface area contributed by atoms with E-state index in [-0.39, 0.29) is 12.4 Å². The molecule has 0 saturated heterocycles. The first-order chi connectivity index (χ1) is 8.42. The van der Waals surface area contributed by atoms with Gasteiger partial charge in [0.15, 0.2) is 0 Å². The summed E-state index contributed by atoms with van der Waals surface area (Å²) in [5.74, 6) is 0.895. The molecule has 0 atom stereocenters. The minimum absolute atomic E-state index is 0. The van der Waals surface area contributed by atoms with E-state index in [0.29, 0.717) is 0 Å². The lowest BCUT2D eigenvalue weighted by Crippen LogP contribution is -2.07. The Labute approximate surface area is 113 Å². The number of para-hydroxylation sites is 1. The molecule has 1 N–H and O–H groups in total. The number of hydrogen-bond donors (Lipinski definition) is 1. The Morgan fingerprint density at radius 1 is 1.22 bits per heavy atom. The molecule has 0 fully saturated rings. The Balaban J connectivity index is 0.00000162. The Kier molecular flexibility index (Phi) is 6.39. The summed E-state index contributed by atoms with van der Waals surface area (Å²) in [4.78, 5) is 8.49. The summed E-state index contributed by atoms with van der Waals surface area (Å²) in [6.07, 6.45) is 2.57. The molecule has 0 aliphatic heterocycles. The molecule has 0 amide bonds. The van der Waals surface area contributed by atoms with Crippen LogP contribution < -0.4 is 5.32 Å². The van der Waals surface area contributed by atoms with E-state index in [9.17, 15) is 0 Å². The van der Waals surface area contributed by atoms with E-state index >= 15 is 0 Å². The quantitative estimate of drug-likeness (QED) is 0.818. The fraction of sp³-hybridized carbons (Fsp3) is 0.385. The molecule has 0 aliphatic rings. The number of nitrogens with one attached hydrogen (secondary N) is 1. The smallest absolute Gasteiger partial charge is 0.137 e. The highest BCUT2D eigenvalue weighted by atomic mass is 35.5. The van der Waals surface area contributed by atoms with Crippen LogP contribution in [0.4, 0.5) is 5.82 Å². The average molecular weight is 268 g/mol. The van der Waals surface area contributed by atoms with Crippen LogP contribution in [0.3, 0.4) is 0 Å². The summed E-state index contributed by atoms with van der Waals surface area (Å²) >= 11 is 0. The normalized spacial score (nSPS) is 10.1. The van der Waals surface area contributed by atoms with Crippen molar-refractivity contribution in [3.05, 3.63) is 30.6 Å². The molecule has 2 aromatic rings. The van der Waals surface area contributed by atoms with Crippen LogP contribution in [-0.2, 0) is 4.74 Å². The Hall–Kier alpha value is -1.39. The second-order valence-corrected chi connectivity index (χ2v) is 3.72. The molecular formula is C13H18ClN3O. The van der Waals surface area contributed by atoms with E-state index in [1.807, 2.05) is 31.2 Å². The molecular weight excluding hydrogens is 250 g/mol. The van der Waals surface area contributed by atoms with E-state index in [2.05, 4.69) is 15.3 Å². The van der Waals surface area contributed by atoms with Crippen LogP contribution in [0.15, 0.2) is 30.6 Å². The molecule has 98 valence electrons. The zero-order valence-corrected chi connectivity index (χ0v) is 11.2. The fourth-order valence-electron chi connectivity index (χ4n) is 1.67. The molecule has 1 aromatic carbocycles.